The van der Waals surface area contributed by atoms with Crippen LogP contribution in [0, 0.1) is 6.07 Å². The molecule has 0 bridgehead atoms. The van der Waals surface area contributed by atoms with Crippen molar-refractivity contribution in [1.29, 1.82) is 0 Å². The topological polar surface area (TPSA) is 27.1 Å². The minimum atomic E-state index is -4.57. The van der Waals surface area contributed by atoms with Crippen LogP contribution < -0.4 is 0 Å². The van der Waals surface area contributed by atoms with E-state index in [1.165, 1.54) is 31.5 Å². The minimum absolute atomic E-state index is 0.101. The quantitative estimate of drug-likeness (QED) is 0.865. The van der Waals surface area contributed by atoms with Gasteiger partial charge in [-0.05, 0) is 12.1 Å². The number of methoxy groups -OCH3 is 1. The second-order valence-corrected chi connectivity index (χ2v) is 4.12. The molecule has 1 aromatic carbocycles. The van der Waals surface area contributed by atoms with E-state index in [9.17, 15) is 13.2 Å². The molecule has 0 atom stereocenters. The van der Waals surface area contributed by atoms with Gasteiger partial charge in [0, 0.05) is 13.2 Å². The van der Waals surface area contributed by atoms with Crippen LogP contribution in [-0.4, -0.2) is 16.9 Å². The average Bonchev–Trinajstić information content (AvgIpc) is 2.75. The van der Waals surface area contributed by atoms with Crippen LogP contribution in [0.5, 0.6) is 0 Å². The van der Waals surface area contributed by atoms with E-state index >= 15 is 0 Å². The number of hydrogen-bond acceptors (Lipinski definition) is 2. The van der Waals surface area contributed by atoms with E-state index in [0.717, 1.165) is 4.68 Å². The van der Waals surface area contributed by atoms with Crippen molar-refractivity contribution in [2.45, 2.75) is 12.8 Å². The summed E-state index contributed by atoms with van der Waals surface area (Å²) in [5.41, 5.74) is -0.685. The molecule has 19 heavy (non-hydrogen) atoms. The lowest BCUT2D eigenvalue weighted by atomic mass is 10.1. The molecule has 0 saturated heterocycles. The van der Waals surface area contributed by atoms with Crippen molar-refractivity contribution < 1.29 is 17.9 Å². The lowest BCUT2D eigenvalue weighted by molar-refractivity contribution is -0.137. The molecule has 0 saturated carbocycles. The Morgan fingerprint density at radius 3 is 2.79 bits per heavy atom. The molecular weight excluding hydrogens is 281 g/mol. The zero-order valence-corrected chi connectivity index (χ0v) is 10.6. The Bertz CT molecular complexity index is 581. The fourth-order valence-electron chi connectivity index (χ4n) is 1.71. The van der Waals surface area contributed by atoms with Crippen molar-refractivity contribution in [3.63, 3.8) is 0 Å². The Kier molecular flexibility index (Phi) is 3.82. The molecular formula is C12H9ClF3N2O. The third kappa shape index (κ3) is 2.74. The van der Waals surface area contributed by atoms with Crippen molar-refractivity contribution >= 4 is 11.6 Å². The Hall–Kier alpha value is -1.53. The zero-order chi connectivity index (χ0) is 14.0. The number of ether oxygens (including phenoxy) is 1. The highest BCUT2D eigenvalue weighted by atomic mass is 35.5. The summed E-state index contributed by atoms with van der Waals surface area (Å²) >= 11 is 5.66. The fraction of sp³-hybridized carbons (Fsp3) is 0.250. The van der Waals surface area contributed by atoms with E-state index in [-0.39, 0.29) is 17.3 Å². The highest BCUT2D eigenvalue weighted by molar-refractivity contribution is 6.31. The Morgan fingerprint density at radius 1 is 1.42 bits per heavy atom. The van der Waals surface area contributed by atoms with E-state index < -0.39 is 11.7 Å². The van der Waals surface area contributed by atoms with E-state index in [1.54, 1.807) is 0 Å². The van der Waals surface area contributed by atoms with Crippen molar-refractivity contribution in [2.24, 2.45) is 0 Å². The van der Waals surface area contributed by atoms with E-state index in [4.69, 9.17) is 16.3 Å². The number of aromatic nitrogens is 2. The maximum absolute atomic E-state index is 13.1. The van der Waals surface area contributed by atoms with Gasteiger partial charge in [-0.25, -0.2) is 4.68 Å². The van der Waals surface area contributed by atoms with E-state index in [1.807, 2.05) is 0 Å². The molecule has 0 spiro atoms. The van der Waals surface area contributed by atoms with Gasteiger partial charge < -0.3 is 4.74 Å². The van der Waals surface area contributed by atoms with Gasteiger partial charge in [-0.1, -0.05) is 17.7 Å². The molecule has 0 amide bonds. The molecule has 0 aliphatic rings. The van der Waals surface area contributed by atoms with Gasteiger partial charge in [0.2, 0.25) is 0 Å². The first-order chi connectivity index (χ1) is 8.95. The van der Waals surface area contributed by atoms with Crippen LogP contribution in [0.15, 0.2) is 24.4 Å². The van der Waals surface area contributed by atoms with Crippen molar-refractivity contribution in [1.82, 2.24) is 9.78 Å². The highest BCUT2D eigenvalue weighted by Gasteiger charge is 2.37. The number of hydrogen-bond donors (Lipinski definition) is 0. The summed E-state index contributed by atoms with van der Waals surface area (Å²) in [7, 11) is 1.44. The van der Waals surface area contributed by atoms with E-state index in [2.05, 4.69) is 11.2 Å². The number of benzene rings is 1. The Morgan fingerprint density at radius 2 is 2.16 bits per heavy atom. The Labute approximate surface area is 112 Å². The van der Waals surface area contributed by atoms with Crippen LogP contribution in [0.25, 0.3) is 5.69 Å². The first-order valence-electron chi connectivity index (χ1n) is 5.24. The number of rotatable bonds is 3. The molecule has 0 unspecified atom stereocenters. The van der Waals surface area contributed by atoms with Gasteiger partial charge in [0.1, 0.15) is 0 Å². The molecule has 1 aromatic heterocycles. The maximum atomic E-state index is 13.1. The molecule has 3 nitrogen and oxygen atoms in total. The van der Waals surface area contributed by atoms with Crippen LogP contribution in [0.2, 0.25) is 5.02 Å². The number of nitrogens with zero attached hydrogens (tertiary/aromatic N) is 2. The van der Waals surface area contributed by atoms with Gasteiger partial charge in [-0.2, -0.15) is 18.3 Å². The van der Waals surface area contributed by atoms with Crippen molar-refractivity contribution in [3.8, 4) is 5.69 Å². The van der Waals surface area contributed by atoms with Gasteiger partial charge in [0.15, 0.2) is 0 Å². The summed E-state index contributed by atoms with van der Waals surface area (Å²) in [5.74, 6) is 0. The lowest BCUT2D eigenvalue weighted by Gasteiger charge is -2.15. The third-order valence-corrected chi connectivity index (χ3v) is 2.76. The number of halogens is 4. The van der Waals surface area contributed by atoms with Crippen LogP contribution in [0.3, 0.4) is 0 Å². The van der Waals surface area contributed by atoms with Gasteiger partial charge in [-0.15, -0.1) is 0 Å². The first kappa shape index (κ1) is 13.9. The van der Waals surface area contributed by atoms with Gasteiger partial charge in [0.25, 0.3) is 0 Å². The molecule has 0 aliphatic carbocycles. The smallest absolute Gasteiger partial charge is 0.378 e. The molecule has 2 aromatic rings. The summed E-state index contributed by atoms with van der Waals surface area (Å²) < 4.78 is 45.2. The molecule has 1 heterocycles. The van der Waals surface area contributed by atoms with E-state index in [0.29, 0.717) is 5.69 Å². The summed E-state index contributed by atoms with van der Waals surface area (Å²) in [6.45, 7) is 0.101. The molecule has 1 radical (unpaired) electrons. The standard InChI is InChI=1S/C12H9ClF3N2O/c1-19-7-8-5-6-17-18(8)10-4-2-3-9(13)11(10)12(14,15)16/h2-4,6H,7H2,1H3. The minimum Gasteiger partial charge on any atom is -0.378 e. The summed E-state index contributed by atoms with van der Waals surface area (Å²) in [5, 5.41) is 3.47. The predicted octanol–water partition coefficient (Wildman–Crippen LogP) is 3.49. The fourth-order valence-corrected chi connectivity index (χ4v) is 1.99. The monoisotopic (exact) mass is 289 g/mol. The van der Waals surface area contributed by atoms with Crippen molar-refractivity contribution in [3.05, 3.63) is 46.7 Å². The lowest BCUT2D eigenvalue weighted by Crippen LogP contribution is -2.14. The van der Waals surface area contributed by atoms with Crippen LogP contribution in [0.4, 0.5) is 13.2 Å². The second-order valence-electron chi connectivity index (χ2n) is 3.71. The largest absolute Gasteiger partial charge is 0.419 e. The van der Waals surface area contributed by atoms with Gasteiger partial charge in [0.05, 0.1) is 34.8 Å². The van der Waals surface area contributed by atoms with Crippen LogP contribution in [-0.2, 0) is 17.5 Å². The van der Waals surface area contributed by atoms with Crippen molar-refractivity contribution in [2.75, 3.05) is 7.11 Å². The average molecular weight is 290 g/mol. The first-order valence-corrected chi connectivity index (χ1v) is 5.62. The van der Waals surface area contributed by atoms with Gasteiger partial charge in [-0.3, -0.25) is 0 Å². The summed E-state index contributed by atoms with van der Waals surface area (Å²) in [6, 6.07) is 6.65. The molecule has 0 N–H and O–H groups in total. The molecule has 0 fully saturated rings. The zero-order valence-electron chi connectivity index (χ0n) is 9.83. The van der Waals surface area contributed by atoms with Gasteiger partial charge >= 0.3 is 6.18 Å². The van der Waals surface area contributed by atoms with Crippen LogP contribution in [0.1, 0.15) is 11.3 Å². The maximum Gasteiger partial charge on any atom is 0.419 e. The third-order valence-electron chi connectivity index (χ3n) is 2.44. The summed E-state index contributed by atoms with van der Waals surface area (Å²) in [4.78, 5) is 0. The Balaban J connectivity index is 2.62. The number of alkyl halides is 3. The normalized spacial score (nSPS) is 11.8. The SMILES string of the molecule is COCc1[c]cnn1-c1cccc(Cl)c1C(F)(F)F. The molecule has 101 valence electrons. The highest BCUT2D eigenvalue weighted by Crippen LogP contribution is 2.38. The second kappa shape index (κ2) is 5.22. The molecule has 0 aliphatic heterocycles. The molecule has 2 rings (SSSR count). The predicted molar refractivity (Wildman–Crippen MR) is 63.1 cm³/mol. The summed E-state index contributed by atoms with van der Waals surface area (Å²) in [6.07, 6.45) is -3.28. The van der Waals surface area contributed by atoms with Crippen LogP contribution >= 0.6 is 11.6 Å². The molecule has 7 heteroatoms.